The van der Waals surface area contributed by atoms with Gasteiger partial charge in [-0.1, -0.05) is 0 Å². The van der Waals surface area contributed by atoms with E-state index in [0.29, 0.717) is 12.5 Å². The van der Waals surface area contributed by atoms with Gasteiger partial charge < -0.3 is 10.6 Å². The second-order valence-corrected chi connectivity index (χ2v) is 7.55. The number of carbonyl (C=O) groups excluding carboxylic acids is 2. The topological polar surface area (TPSA) is 84.5 Å². The summed E-state index contributed by atoms with van der Waals surface area (Å²) in [4.78, 5) is 28.0. The lowest BCUT2D eigenvalue weighted by molar-refractivity contribution is -0.139. The molecular weight excluding hydrogens is 318 g/mol. The highest BCUT2D eigenvalue weighted by molar-refractivity contribution is 5.79. The minimum atomic E-state index is -0.317. The van der Waals surface area contributed by atoms with E-state index in [2.05, 4.69) is 18.2 Å². The van der Waals surface area contributed by atoms with Crippen LogP contribution in [0.15, 0.2) is 12.4 Å². The Labute approximate surface area is 149 Å². The first-order valence-corrected chi connectivity index (χ1v) is 9.30. The van der Waals surface area contributed by atoms with Crippen LogP contribution >= 0.6 is 0 Å². The van der Waals surface area contributed by atoms with Crippen LogP contribution in [0.25, 0.3) is 0 Å². The van der Waals surface area contributed by atoms with E-state index >= 15 is 0 Å². The summed E-state index contributed by atoms with van der Waals surface area (Å²) >= 11 is 0. The van der Waals surface area contributed by atoms with Crippen LogP contribution in [0.2, 0.25) is 0 Å². The van der Waals surface area contributed by atoms with E-state index in [9.17, 15) is 9.59 Å². The van der Waals surface area contributed by atoms with Gasteiger partial charge >= 0.3 is 0 Å². The quantitative estimate of drug-likeness (QED) is 0.846. The Balaban J connectivity index is 1.47. The number of nitrogens with zero attached hydrogens (tertiary/aromatic N) is 4. The molecule has 7 nitrogen and oxygen atoms in total. The van der Waals surface area contributed by atoms with E-state index in [-0.39, 0.29) is 24.3 Å². The van der Waals surface area contributed by atoms with Crippen LogP contribution in [0.4, 0.5) is 0 Å². The van der Waals surface area contributed by atoms with Crippen LogP contribution in [0.1, 0.15) is 31.2 Å². The third kappa shape index (κ3) is 4.81. The van der Waals surface area contributed by atoms with Gasteiger partial charge in [-0.15, -0.1) is 0 Å². The number of likely N-dealkylation sites (tertiary alicyclic amines) is 2. The highest BCUT2D eigenvalue weighted by Gasteiger charge is 2.31. The molecule has 1 aromatic heterocycles. The van der Waals surface area contributed by atoms with Gasteiger partial charge in [-0.2, -0.15) is 5.10 Å². The van der Waals surface area contributed by atoms with Crippen LogP contribution in [0.3, 0.4) is 0 Å². The van der Waals surface area contributed by atoms with Crippen molar-refractivity contribution in [3.8, 4) is 0 Å². The van der Waals surface area contributed by atoms with Gasteiger partial charge in [-0.3, -0.25) is 19.2 Å². The third-order valence-corrected chi connectivity index (χ3v) is 5.37. The predicted octanol–water partition coefficient (Wildman–Crippen LogP) is 0.627. The summed E-state index contributed by atoms with van der Waals surface area (Å²) in [5.74, 6) is 0.532. The van der Waals surface area contributed by atoms with Gasteiger partial charge in [0, 0.05) is 32.4 Å². The molecule has 138 valence electrons. The van der Waals surface area contributed by atoms with Gasteiger partial charge in [0.15, 0.2) is 0 Å². The number of aromatic nitrogens is 2. The fourth-order valence-corrected chi connectivity index (χ4v) is 4.05. The van der Waals surface area contributed by atoms with E-state index in [1.54, 1.807) is 0 Å². The van der Waals surface area contributed by atoms with Crippen molar-refractivity contribution in [1.82, 2.24) is 19.6 Å². The SMILES string of the molecule is Cc1cnn(CC2CCN(C(=O)C3CCCN(CC(N)=O)C3)CC2)c1. The van der Waals surface area contributed by atoms with Gasteiger partial charge in [0.05, 0.1) is 18.7 Å². The molecule has 0 bridgehead atoms. The summed E-state index contributed by atoms with van der Waals surface area (Å²) in [5.41, 5.74) is 6.47. The van der Waals surface area contributed by atoms with E-state index in [1.807, 2.05) is 20.7 Å². The summed E-state index contributed by atoms with van der Waals surface area (Å²) in [6.07, 6.45) is 7.90. The van der Waals surface area contributed by atoms with Crippen molar-refractivity contribution in [3.63, 3.8) is 0 Å². The van der Waals surface area contributed by atoms with E-state index < -0.39 is 0 Å². The molecule has 2 N–H and O–H groups in total. The molecule has 2 fully saturated rings. The molecule has 1 unspecified atom stereocenters. The van der Waals surface area contributed by atoms with Crippen molar-refractivity contribution in [2.45, 2.75) is 39.2 Å². The highest BCUT2D eigenvalue weighted by Crippen LogP contribution is 2.24. The molecule has 2 aliphatic heterocycles. The second-order valence-electron chi connectivity index (χ2n) is 7.55. The largest absolute Gasteiger partial charge is 0.369 e. The average Bonchev–Trinajstić information content (AvgIpc) is 2.99. The Kier molecular flexibility index (Phi) is 5.73. The number of nitrogens with two attached hydrogens (primary N) is 1. The van der Waals surface area contributed by atoms with Crippen molar-refractivity contribution in [1.29, 1.82) is 0 Å². The molecule has 0 saturated carbocycles. The molecule has 0 aromatic carbocycles. The lowest BCUT2D eigenvalue weighted by Gasteiger charge is -2.37. The Hall–Kier alpha value is -1.89. The van der Waals surface area contributed by atoms with Crippen LogP contribution in [0, 0.1) is 18.8 Å². The zero-order chi connectivity index (χ0) is 17.8. The van der Waals surface area contributed by atoms with Crippen molar-refractivity contribution < 1.29 is 9.59 Å². The lowest BCUT2D eigenvalue weighted by atomic mass is 9.92. The second kappa shape index (κ2) is 7.99. The Bertz CT molecular complexity index is 606. The van der Waals surface area contributed by atoms with Crippen LogP contribution in [0.5, 0.6) is 0 Å². The third-order valence-electron chi connectivity index (χ3n) is 5.37. The smallest absolute Gasteiger partial charge is 0.231 e. The van der Waals surface area contributed by atoms with Crippen molar-refractivity contribution in [2.75, 3.05) is 32.7 Å². The summed E-state index contributed by atoms with van der Waals surface area (Å²) in [7, 11) is 0. The molecule has 0 radical (unpaired) electrons. The first-order valence-electron chi connectivity index (χ1n) is 9.30. The number of carbonyl (C=O) groups is 2. The molecule has 1 aromatic rings. The van der Waals surface area contributed by atoms with Gasteiger partial charge in [-0.05, 0) is 50.6 Å². The zero-order valence-corrected chi connectivity index (χ0v) is 15.1. The van der Waals surface area contributed by atoms with Crippen molar-refractivity contribution in [3.05, 3.63) is 18.0 Å². The number of aryl methyl sites for hydroxylation is 1. The molecule has 7 heteroatoms. The van der Waals surface area contributed by atoms with Crippen LogP contribution < -0.4 is 5.73 Å². The number of piperidine rings is 2. The van der Waals surface area contributed by atoms with Crippen LogP contribution in [-0.2, 0) is 16.1 Å². The summed E-state index contributed by atoms with van der Waals surface area (Å²) in [5, 5.41) is 4.36. The first-order chi connectivity index (χ1) is 12.0. The van der Waals surface area contributed by atoms with E-state index in [4.69, 9.17) is 5.73 Å². The number of amides is 2. The molecule has 3 rings (SSSR count). The van der Waals surface area contributed by atoms with Gasteiger partial charge in [0.25, 0.3) is 0 Å². The first kappa shape index (κ1) is 17.9. The maximum Gasteiger partial charge on any atom is 0.231 e. The van der Waals surface area contributed by atoms with E-state index in [1.165, 1.54) is 5.56 Å². The number of hydrogen-bond acceptors (Lipinski definition) is 4. The lowest BCUT2D eigenvalue weighted by Crippen LogP contribution is -2.48. The number of primary amides is 1. The minimum absolute atomic E-state index is 0.0124. The molecule has 2 saturated heterocycles. The molecule has 0 aliphatic carbocycles. The molecule has 0 spiro atoms. The van der Waals surface area contributed by atoms with Crippen molar-refractivity contribution >= 4 is 11.8 Å². The Morgan fingerprint density at radius 3 is 2.64 bits per heavy atom. The maximum absolute atomic E-state index is 12.8. The molecule has 3 heterocycles. The summed E-state index contributed by atoms with van der Waals surface area (Å²) in [6, 6.07) is 0. The number of hydrogen-bond donors (Lipinski definition) is 1. The Morgan fingerprint density at radius 2 is 2.00 bits per heavy atom. The van der Waals surface area contributed by atoms with Gasteiger partial charge in [0.2, 0.25) is 11.8 Å². The number of rotatable bonds is 5. The van der Waals surface area contributed by atoms with Crippen molar-refractivity contribution in [2.24, 2.45) is 17.6 Å². The van der Waals surface area contributed by atoms with E-state index in [0.717, 1.165) is 51.9 Å². The predicted molar refractivity (Wildman–Crippen MR) is 94.6 cm³/mol. The monoisotopic (exact) mass is 347 g/mol. The maximum atomic E-state index is 12.8. The Morgan fingerprint density at radius 1 is 1.24 bits per heavy atom. The average molecular weight is 347 g/mol. The molecule has 2 amide bonds. The fraction of sp³-hybridized carbons (Fsp3) is 0.722. The molecule has 1 atom stereocenters. The molecule has 25 heavy (non-hydrogen) atoms. The summed E-state index contributed by atoms with van der Waals surface area (Å²) in [6.45, 7) is 6.43. The van der Waals surface area contributed by atoms with Gasteiger partial charge in [0.1, 0.15) is 0 Å². The van der Waals surface area contributed by atoms with Crippen LogP contribution in [-0.4, -0.2) is 64.1 Å². The summed E-state index contributed by atoms with van der Waals surface area (Å²) < 4.78 is 2.01. The molecular formula is C18H29N5O2. The minimum Gasteiger partial charge on any atom is -0.369 e. The van der Waals surface area contributed by atoms with Gasteiger partial charge in [-0.25, -0.2) is 0 Å². The standard InChI is InChI=1S/C18H29N5O2/c1-14-9-20-23(10-14)11-15-4-7-22(8-5-15)18(25)16-3-2-6-21(12-16)13-17(19)24/h9-10,15-16H,2-8,11-13H2,1H3,(H2,19,24). The zero-order valence-electron chi connectivity index (χ0n) is 15.1. The molecule has 2 aliphatic rings. The normalized spacial score (nSPS) is 22.9. The fourth-order valence-electron chi connectivity index (χ4n) is 4.05. The highest BCUT2D eigenvalue weighted by atomic mass is 16.2.